The van der Waals surface area contributed by atoms with E-state index in [4.69, 9.17) is 0 Å². The lowest BCUT2D eigenvalue weighted by molar-refractivity contribution is -0.120. The van der Waals surface area contributed by atoms with Gasteiger partial charge in [0.15, 0.2) is 0 Å². The summed E-state index contributed by atoms with van der Waals surface area (Å²) in [5.74, 6) is 0.721. The summed E-state index contributed by atoms with van der Waals surface area (Å²) in [6, 6.07) is 0. The first-order valence-corrected chi connectivity index (χ1v) is 4.85. The monoisotopic (exact) mass is 182 g/mol. The second kappa shape index (κ2) is 7.53. The number of allylic oxidation sites excluding steroid dienone is 1. The van der Waals surface area contributed by atoms with Crippen LogP contribution in [0, 0.1) is 0 Å². The second-order valence-corrected chi connectivity index (χ2v) is 2.38. The van der Waals surface area contributed by atoms with Gasteiger partial charge in [-0.25, -0.2) is 4.99 Å². The Balaban J connectivity index is 0.000000671. The van der Waals surface area contributed by atoms with E-state index in [-0.39, 0.29) is 5.91 Å². The molecular formula is C10H18N2O. The van der Waals surface area contributed by atoms with E-state index >= 15 is 0 Å². The zero-order chi connectivity index (χ0) is 10.1. The Morgan fingerprint density at radius 2 is 2.23 bits per heavy atom. The van der Waals surface area contributed by atoms with Crippen LogP contribution < -0.4 is 5.32 Å². The van der Waals surface area contributed by atoms with Gasteiger partial charge in [-0.2, -0.15) is 0 Å². The highest BCUT2D eigenvalue weighted by atomic mass is 16.1. The van der Waals surface area contributed by atoms with Gasteiger partial charge in [-0.1, -0.05) is 20.8 Å². The Morgan fingerprint density at radius 3 is 2.69 bits per heavy atom. The fraction of sp³-hybridized carbons (Fsp3) is 0.600. The molecule has 1 aliphatic heterocycles. The Bertz CT molecular complexity index is 207. The van der Waals surface area contributed by atoms with Crippen molar-refractivity contribution in [3.63, 3.8) is 0 Å². The molecule has 0 atom stereocenters. The number of carbonyl (C=O) groups is 1. The van der Waals surface area contributed by atoms with Crippen LogP contribution in [0.25, 0.3) is 0 Å². The quantitative estimate of drug-likeness (QED) is 0.699. The van der Waals surface area contributed by atoms with E-state index in [1.807, 2.05) is 33.1 Å². The molecule has 1 amide bonds. The standard InChI is InChI=1S/C8H12N2O.C2H6/c1-2-8(11)10-7-5-3-4-6-9-7;1-2/h5-6H,2-4H2,1H3,(H,10,11);1-2H3. The van der Waals surface area contributed by atoms with Gasteiger partial charge in [0.2, 0.25) is 5.91 Å². The van der Waals surface area contributed by atoms with E-state index in [0.717, 1.165) is 12.8 Å². The minimum Gasteiger partial charge on any atom is -0.311 e. The van der Waals surface area contributed by atoms with E-state index in [2.05, 4.69) is 10.3 Å². The van der Waals surface area contributed by atoms with Crippen LogP contribution >= 0.6 is 0 Å². The Labute approximate surface area is 79.9 Å². The van der Waals surface area contributed by atoms with E-state index in [9.17, 15) is 4.79 Å². The molecule has 1 N–H and O–H groups in total. The van der Waals surface area contributed by atoms with Crippen LogP contribution in [0.4, 0.5) is 0 Å². The highest BCUT2D eigenvalue weighted by molar-refractivity contribution is 5.78. The van der Waals surface area contributed by atoms with Crippen molar-refractivity contribution in [2.24, 2.45) is 4.99 Å². The van der Waals surface area contributed by atoms with Crippen molar-refractivity contribution in [2.45, 2.75) is 40.0 Å². The third-order valence-electron chi connectivity index (χ3n) is 1.45. The molecule has 74 valence electrons. The first-order valence-electron chi connectivity index (χ1n) is 4.85. The topological polar surface area (TPSA) is 41.5 Å². The number of aliphatic imine (C=N–C) groups is 1. The Hall–Kier alpha value is -1.12. The van der Waals surface area contributed by atoms with E-state index in [1.165, 1.54) is 0 Å². The summed E-state index contributed by atoms with van der Waals surface area (Å²) in [4.78, 5) is 14.9. The maximum atomic E-state index is 10.9. The van der Waals surface area contributed by atoms with Gasteiger partial charge in [0.1, 0.15) is 5.82 Å². The third-order valence-corrected chi connectivity index (χ3v) is 1.45. The van der Waals surface area contributed by atoms with Gasteiger partial charge in [0, 0.05) is 12.6 Å². The molecule has 0 aromatic carbocycles. The van der Waals surface area contributed by atoms with Crippen molar-refractivity contribution >= 4 is 12.1 Å². The number of hydrogen-bond donors (Lipinski definition) is 1. The van der Waals surface area contributed by atoms with Crippen LogP contribution in [0.1, 0.15) is 40.0 Å². The van der Waals surface area contributed by atoms with Crippen LogP contribution in [-0.4, -0.2) is 12.1 Å². The average molecular weight is 182 g/mol. The summed E-state index contributed by atoms with van der Waals surface area (Å²) in [5, 5.41) is 2.69. The molecule has 0 aliphatic carbocycles. The molecule has 13 heavy (non-hydrogen) atoms. The van der Waals surface area contributed by atoms with Crippen LogP contribution in [0.2, 0.25) is 0 Å². The molecular weight excluding hydrogens is 164 g/mol. The predicted molar refractivity (Wildman–Crippen MR) is 55.6 cm³/mol. The molecule has 0 bridgehead atoms. The van der Waals surface area contributed by atoms with Crippen molar-refractivity contribution in [2.75, 3.05) is 0 Å². The number of rotatable bonds is 2. The first-order chi connectivity index (χ1) is 6.33. The summed E-state index contributed by atoms with van der Waals surface area (Å²) in [6.45, 7) is 5.82. The van der Waals surface area contributed by atoms with Gasteiger partial charge in [-0.3, -0.25) is 4.79 Å². The molecule has 1 aliphatic rings. The van der Waals surface area contributed by atoms with Gasteiger partial charge < -0.3 is 5.32 Å². The van der Waals surface area contributed by atoms with E-state index in [0.29, 0.717) is 12.2 Å². The Kier molecular flexibility index (Phi) is 6.88. The van der Waals surface area contributed by atoms with Crippen molar-refractivity contribution in [3.05, 3.63) is 11.9 Å². The molecule has 1 rings (SSSR count). The number of nitrogens with one attached hydrogen (secondary N) is 1. The van der Waals surface area contributed by atoms with Gasteiger partial charge in [-0.15, -0.1) is 0 Å². The molecule has 0 spiro atoms. The lowest BCUT2D eigenvalue weighted by Crippen LogP contribution is -2.21. The fourth-order valence-corrected chi connectivity index (χ4v) is 0.825. The summed E-state index contributed by atoms with van der Waals surface area (Å²) in [7, 11) is 0. The predicted octanol–water partition coefficient (Wildman–Crippen LogP) is 2.24. The van der Waals surface area contributed by atoms with Crippen molar-refractivity contribution < 1.29 is 4.79 Å². The third kappa shape index (κ3) is 5.17. The van der Waals surface area contributed by atoms with Gasteiger partial charge in [0.05, 0.1) is 0 Å². The molecule has 1 heterocycles. The number of carbonyl (C=O) groups excluding carboxylic acids is 1. The SMILES string of the molecule is CC.CCC(=O)NC1=CCCC=N1. The molecule has 0 radical (unpaired) electrons. The average Bonchev–Trinajstić information content (AvgIpc) is 2.22. The largest absolute Gasteiger partial charge is 0.311 e. The molecule has 0 saturated carbocycles. The minimum absolute atomic E-state index is 0.0234. The number of amides is 1. The van der Waals surface area contributed by atoms with Crippen LogP contribution in [0.5, 0.6) is 0 Å². The van der Waals surface area contributed by atoms with Gasteiger partial charge in [0.25, 0.3) is 0 Å². The minimum atomic E-state index is 0.0234. The molecule has 0 unspecified atom stereocenters. The van der Waals surface area contributed by atoms with Crippen molar-refractivity contribution in [3.8, 4) is 0 Å². The maximum absolute atomic E-state index is 10.9. The van der Waals surface area contributed by atoms with Crippen LogP contribution in [0.15, 0.2) is 16.9 Å². The molecule has 0 aromatic heterocycles. The van der Waals surface area contributed by atoms with Gasteiger partial charge in [-0.05, 0) is 18.9 Å². The summed E-state index contributed by atoms with van der Waals surface area (Å²) >= 11 is 0. The summed E-state index contributed by atoms with van der Waals surface area (Å²) < 4.78 is 0. The highest BCUT2D eigenvalue weighted by Crippen LogP contribution is 2.02. The Morgan fingerprint density at radius 1 is 1.54 bits per heavy atom. The molecule has 0 fully saturated rings. The molecule has 3 heteroatoms. The zero-order valence-electron chi connectivity index (χ0n) is 8.63. The van der Waals surface area contributed by atoms with Crippen LogP contribution in [0.3, 0.4) is 0 Å². The zero-order valence-corrected chi connectivity index (χ0v) is 8.63. The number of hydrogen-bond acceptors (Lipinski definition) is 2. The number of nitrogens with zero attached hydrogens (tertiary/aromatic N) is 1. The first kappa shape index (κ1) is 11.9. The van der Waals surface area contributed by atoms with Crippen LogP contribution in [-0.2, 0) is 4.79 Å². The molecule has 0 aromatic rings. The van der Waals surface area contributed by atoms with Gasteiger partial charge >= 0.3 is 0 Å². The maximum Gasteiger partial charge on any atom is 0.225 e. The lowest BCUT2D eigenvalue weighted by Gasteiger charge is -2.06. The fourth-order valence-electron chi connectivity index (χ4n) is 0.825. The molecule has 3 nitrogen and oxygen atoms in total. The van der Waals surface area contributed by atoms with E-state index in [1.54, 1.807) is 0 Å². The highest BCUT2D eigenvalue weighted by Gasteiger charge is 2.01. The summed E-state index contributed by atoms with van der Waals surface area (Å²) in [5.41, 5.74) is 0. The second-order valence-electron chi connectivity index (χ2n) is 2.38. The van der Waals surface area contributed by atoms with Crippen molar-refractivity contribution in [1.29, 1.82) is 0 Å². The lowest BCUT2D eigenvalue weighted by atomic mass is 10.3. The normalized spacial score (nSPS) is 13.9. The van der Waals surface area contributed by atoms with Crippen molar-refractivity contribution in [1.82, 2.24) is 5.32 Å². The summed E-state index contributed by atoms with van der Waals surface area (Å²) in [6.07, 6.45) is 6.22. The molecule has 0 saturated heterocycles. The smallest absolute Gasteiger partial charge is 0.225 e. The van der Waals surface area contributed by atoms with E-state index < -0.39 is 0 Å².